The smallest absolute Gasteiger partial charge is 0.156 e. The lowest BCUT2D eigenvalue weighted by Gasteiger charge is -2.29. The minimum Gasteiger partial charge on any atom is -0.347 e. The summed E-state index contributed by atoms with van der Waals surface area (Å²) < 4.78 is 0. The molecule has 0 amide bonds. The molecule has 2 N–H and O–H groups in total. The molecule has 0 saturated heterocycles. The van der Waals surface area contributed by atoms with E-state index in [2.05, 4.69) is 53.4 Å². The normalized spacial score (nSPS) is 11.1. The standard InChI is InChI=1S/C15H22N4S/c1-10(2)19(9-13-6-5-7-20-13)15-14(8-16)11(3)12(4)17-18-15/h5-7,10H,8-9,16H2,1-4H3. The van der Waals surface area contributed by atoms with Crippen molar-refractivity contribution in [3.8, 4) is 0 Å². The van der Waals surface area contributed by atoms with Crippen LogP contribution in [0.25, 0.3) is 0 Å². The van der Waals surface area contributed by atoms with Crippen LogP contribution in [0.2, 0.25) is 0 Å². The molecule has 0 radical (unpaired) electrons. The molecule has 0 saturated carbocycles. The number of aromatic nitrogens is 2. The molecule has 20 heavy (non-hydrogen) atoms. The monoisotopic (exact) mass is 290 g/mol. The molecule has 0 spiro atoms. The molecule has 0 aliphatic heterocycles. The maximum atomic E-state index is 5.94. The van der Waals surface area contributed by atoms with Crippen LogP contribution < -0.4 is 10.6 Å². The molecule has 0 aliphatic carbocycles. The Hall–Kier alpha value is -1.46. The zero-order valence-corrected chi connectivity index (χ0v) is 13.4. The second kappa shape index (κ2) is 6.33. The van der Waals surface area contributed by atoms with Gasteiger partial charge in [-0.05, 0) is 44.7 Å². The molecule has 4 nitrogen and oxygen atoms in total. The van der Waals surface area contributed by atoms with Gasteiger partial charge in [-0.15, -0.1) is 16.4 Å². The van der Waals surface area contributed by atoms with E-state index in [1.54, 1.807) is 11.3 Å². The molecular formula is C15H22N4S. The van der Waals surface area contributed by atoms with Crippen LogP contribution in [0.3, 0.4) is 0 Å². The van der Waals surface area contributed by atoms with E-state index < -0.39 is 0 Å². The Balaban J connectivity index is 2.41. The first kappa shape index (κ1) is 14.9. The predicted molar refractivity (Wildman–Crippen MR) is 85.0 cm³/mol. The van der Waals surface area contributed by atoms with Gasteiger partial charge in [-0.3, -0.25) is 0 Å². The van der Waals surface area contributed by atoms with Crippen LogP contribution in [0.1, 0.15) is 35.5 Å². The SMILES string of the molecule is Cc1nnc(N(Cc2cccs2)C(C)C)c(CN)c1C. The molecule has 2 heterocycles. The van der Waals surface area contributed by atoms with E-state index in [0.29, 0.717) is 12.6 Å². The average Bonchev–Trinajstić information content (AvgIpc) is 2.92. The molecule has 0 aliphatic rings. The van der Waals surface area contributed by atoms with Crippen molar-refractivity contribution in [2.45, 2.75) is 46.8 Å². The molecule has 0 unspecified atom stereocenters. The number of aryl methyl sites for hydroxylation is 1. The minimum atomic E-state index is 0.346. The number of rotatable bonds is 5. The van der Waals surface area contributed by atoms with Crippen LogP contribution in [0.5, 0.6) is 0 Å². The van der Waals surface area contributed by atoms with E-state index in [0.717, 1.165) is 29.2 Å². The lowest BCUT2D eigenvalue weighted by molar-refractivity contribution is 0.661. The maximum absolute atomic E-state index is 5.94. The van der Waals surface area contributed by atoms with E-state index >= 15 is 0 Å². The van der Waals surface area contributed by atoms with Gasteiger partial charge in [0.15, 0.2) is 5.82 Å². The summed E-state index contributed by atoms with van der Waals surface area (Å²) in [6.45, 7) is 9.73. The predicted octanol–water partition coefficient (Wildman–Crippen LogP) is 3.03. The summed E-state index contributed by atoms with van der Waals surface area (Å²) in [5.41, 5.74) is 9.14. The summed E-state index contributed by atoms with van der Waals surface area (Å²) in [5.74, 6) is 0.916. The van der Waals surface area contributed by atoms with Crippen molar-refractivity contribution in [1.82, 2.24) is 10.2 Å². The fourth-order valence-corrected chi connectivity index (χ4v) is 2.89. The van der Waals surface area contributed by atoms with Gasteiger partial charge in [0.2, 0.25) is 0 Å². The molecule has 108 valence electrons. The van der Waals surface area contributed by atoms with E-state index in [4.69, 9.17) is 5.73 Å². The molecule has 2 aromatic rings. The van der Waals surface area contributed by atoms with E-state index in [1.807, 2.05) is 6.92 Å². The van der Waals surface area contributed by atoms with Crippen LogP contribution in [0.15, 0.2) is 17.5 Å². The molecule has 0 fully saturated rings. The third kappa shape index (κ3) is 2.99. The number of anilines is 1. The second-order valence-corrected chi connectivity index (χ2v) is 6.25. The summed E-state index contributed by atoms with van der Waals surface area (Å²) >= 11 is 1.76. The number of thiophene rings is 1. The van der Waals surface area contributed by atoms with Crippen LogP contribution in [0, 0.1) is 13.8 Å². The third-order valence-corrected chi connectivity index (χ3v) is 4.43. The molecule has 2 rings (SSSR count). The van der Waals surface area contributed by atoms with Gasteiger partial charge in [-0.2, -0.15) is 5.10 Å². The fraction of sp³-hybridized carbons (Fsp3) is 0.467. The molecule has 0 atom stereocenters. The zero-order valence-electron chi connectivity index (χ0n) is 12.6. The van der Waals surface area contributed by atoms with E-state index in [9.17, 15) is 0 Å². The lowest BCUT2D eigenvalue weighted by Crippen LogP contribution is -2.32. The molecule has 5 heteroatoms. The Labute approximate surface area is 124 Å². The molecule has 0 bridgehead atoms. The average molecular weight is 290 g/mol. The van der Waals surface area contributed by atoms with Crippen molar-refractivity contribution < 1.29 is 0 Å². The zero-order chi connectivity index (χ0) is 14.7. The first-order valence-electron chi connectivity index (χ1n) is 6.86. The molecule has 2 aromatic heterocycles. The quantitative estimate of drug-likeness (QED) is 0.919. The van der Waals surface area contributed by atoms with Gasteiger partial charge in [0, 0.05) is 23.0 Å². The summed E-state index contributed by atoms with van der Waals surface area (Å²) in [7, 11) is 0. The van der Waals surface area contributed by atoms with Crippen molar-refractivity contribution >= 4 is 17.2 Å². The lowest BCUT2D eigenvalue weighted by atomic mass is 10.1. The van der Waals surface area contributed by atoms with Gasteiger partial charge in [0.05, 0.1) is 12.2 Å². The highest BCUT2D eigenvalue weighted by Crippen LogP contribution is 2.26. The van der Waals surface area contributed by atoms with Crippen LogP contribution in [-0.4, -0.2) is 16.2 Å². The summed E-state index contributed by atoms with van der Waals surface area (Å²) in [6.07, 6.45) is 0. The van der Waals surface area contributed by atoms with Gasteiger partial charge in [-0.25, -0.2) is 0 Å². The first-order valence-corrected chi connectivity index (χ1v) is 7.74. The van der Waals surface area contributed by atoms with Gasteiger partial charge in [0.1, 0.15) is 0 Å². The number of hydrogen-bond acceptors (Lipinski definition) is 5. The van der Waals surface area contributed by atoms with Crippen molar-refractivity contribution in [2.24, 2.45) is 5.73 Å². The van der Waals surface area contributed by atoms with Crippen molar-refractivity contribution in [3.63, 3.8) is 0 Å². The first-order chi connectivity index (χ1) is 9.54. The van der Waals surface area contributed by atoms with Crippen molar-refractivity contribution in [3.05, 3.63) is 39.2 Å². The Morgan fingerprint density at radius 1 is 1.30 bits per heavy atom. The van der Waals surface area contributed by atoms with Gasteiger partial charge in [0.25, 0.3) is 0 Å². The summed E-state index contributed by atoms with van der Waals surface area (Å²) in [4.78, 5) is 3.59. The van der Waals surface area contributed by atoms with Gasteiger partial charge >= 0.3 is 0 Å². The van der Waals surface area contributed by atoms with E-state index in [-0.39, 0.29) is 0 Å². The Bertz CT molecular complexity index is 564. The largest absolute Gasteiger partial charge is 0.347 e. The number of nitrogens with two attached hydrogens (primary N) is 1. The van der Waals surface area contributed by atoms with Crippen molar-refractivity contribution in [1.29, 1.82) is 0 Å². The third-order valence-electron chi connectivity index (χ3n) is 3.57. The highest BCUT2D eigenvalue weighted by Gasteiger charge is 2.19. The Kier molecular flexibility index (Phi) is 4.73. The van der Waals surface area contributed by atoms with E-state index in [1.165, 1.54) is 4.88 Å². The Morgan fingerprint density at radius 2 is 2.05 bits per heavy atom. The van der Waals surface area contributed by atoms with Crippen molar-refractivity contribution in [2.75, 3.05) is 4.90 Å². The Morgan fingerprint density at radius 3 is 2.60 bits per heavy atom. The van der Waals surface area contributed by atoms with Gasteiger partial charge in [-0.1, -0.05) is 6.07 Å². The topological polar surface area (TPSA) is 55.0 Å². The van der Waals surface area contributed by atoms with Crippen LogP contribution >= 0.6 is 11.3 Å². The maximum Gasteiger partial charge on any atom is 0.156 e. The van der Waals surface area contributed by atoms with Crippen LogP contribution in [0.4, 0.5) is 5.82 Å². The summed E-state index contributed by atoms with van der Waals surface area (Å²) in [5, 5.41) is 10.8. The molecular weight excluding hydrogens is 268 g/mol. The highest BCUT2D eigenvalue weighted by molar-refractivity contribution is 7.09. The number of hydrogen-bond donors (Lipinski definition) is 1. The van der Waals surface area contributed by atoms with Gasteiger partial charge < -0.3 is 10.6 Å². The fourth-order valence-electron chi connectivity index (χ4n) is 2.19. The highest BCUT2D eigenvalue weighted by atomic mass is 32.1. The molecule has 0 aromatic carbocycles. The second-order valence-electron chi connectivity index (χ2n) is 5.22. The minimum absolute atomic E-state index is 0.346. The van der Waals surface area contributed by atoms with Crippen LogP contribution in [-0.2, 0) is 13.1 Å². The summed E-state index contributed by atoms with van der Waals surface area (Å²) in [6, 6.07) is 4.57. The number of nitrogens with zero attached hydrogens (tertiary/aromatic N) is 3.